The van der Waals surface area contributed by atoms with Gasteiger partial charge in [-0.2, -0.15) is 0 Å². The molecular weight excluding hydrogens is 172 g/mol. The standard InChI is InChI=1S/C13H24O/c1-3-5-6-7-8-9-10-11-12-13-14-4-2/h4,12-13H,2-3,5-11H2,1H3. The molecule has 0 fully saturated rings. The van der Waals surface area contributed by atoms with Crippen LogP contribution in [0.15, 0.2) is 25.2 Å². The van der Waals surface area contributed by atoms with Gasteiger partial charge in [0.2, 0.25) is 0 Å². The van der Waals surface area contributed by atoms with Crippen molar-refractivity contribution in [3.05, 3.63) is 25.2 Å². The van der Waals surface area contributed by atoms with Gasteiger partial charge >= 0.3 is 0 Å². The van der Waals surface area contributed by atoms with Crippen molar-refractivity contribution in [2.75, 3.05) is 0 Å². The van der Waals surface area contributed by atoms with E-state index < -0.39 is 0 Å². The first-order valence-corrected chi connectivity index (χ1v) is 5.83. The maximum absolute atomic E-state index is 4.88. The van der Waals surface area contributed by atoms with Gasteiger partial charge in [-0.05, 0) is 18.9 Å². The van der Waals surface area contributed by atoms with Crippen molar-refractivity contribution in [1.82, 2.24) is 0 Å². The average Bonchev–Trinajstić information content (AvgIpc) is 2.21. The summed E-state index contributed by atoms with van der Waals surface area (Å²) in [6.07, 6.45) is 15.9. The van der Waals surface area contributed by atoms with E-state index in [9.17, 15) is 0 Å². The van der Waals surface area contributed by atoms with E-state index in [0.29, 0.717) is 0 Å². The lowest BCUT2D eigenvalue weighted by Gasteiger charge is -1.98. The minimum atomic E-state index is 1.13. The van der Waals surface area contributed by atoms with Gasteiger partial charge in [-0.25, -0.2) is 0 Å². The first-order chi connectivity index (χ1) is 6.91. The molecule has 0 atom stereocenters. The molecule has 0 spiro atoms. The van der Waals surface area contributed by atoms with Crippen LogP contribution in [0.1, 0.15) is 58.3 Å². The molecule has 0 unspecified atom stereocenters. The summed E-state index contributed by atoms with van der Waals surface area (Å²) in [5, 5.41) is 0. The summed E-state index contributed by atoms with van der Waals surface area (Å²) in [7, 11) is 0. The topological polar surface area (TPSA) is 9.23 Å². The highest BCUT2D eigenvalue weighted by atomic mass is 16.5. The van der Waals surface area contributed by atoms with Crippen molar-refractivity contribution in [3.63, 3.8) is 0 Å². The predicted molar refractivity (Wildman–Crippen MR) is 63.0 cm³/mol. The van der Waals surface area contributed by atoms with Gasteiger partial charge in [-0.15, -0.1) is 0 Å². The molecule has 0 N–H and O–H groups in total. The Hall–Kier alpha value is -0.720. The molecule has 0 rings (SSSR count). The van der Waals surface area contributed by atoms with E-state index in [0.717, 1.165) is 6.42 Å². The maximum atomic E-state index is 4.88. The van der Waals surface area contributed by atoms with Gasteiger partial charge in [0, 0.05) is 0 Å². The molecule has 14 heavy (non-hydrogen) atoms. The van der Waals surface area contributed by atoms with Crippen molar-refractivity contribution < 1.29 is 4.74 Å². The summed E-state index contributed by atoms with van der Waals surface area (Å²) < 4.78 is 4.88. The SMILES string of the molecule is C=COC=CCCCCCCCCC. The smallest absolute Gasteiger partial charge is 0.0861 e. The van der Waals surface area contributed by atoms with E-state index in [4.69, 9.17) is 4.74 Å². The second kappa shape index (κ2) is 12.3. The molecule has 0 bridgehead atoms. The Bertz CT molecular complexity index is 138. The van der Waals surface area contributed by atoms with Crippen LogP contribution in [0.25, 0.3) is 0 Å². The van der Waals surface area contributed by atoms with Crippen molar-refractivity contribution in [2.24, 2.45) is 0 Å². The van der Waals surface area contributed by atoms with Gasteiger partial charge in [0.1, 0.15) is 0 Å². The van der Waals surface area contributed by atoms with Crippen LogP contribution in [-0.4, -0.2) is 0 Å². The fourth-order valence-corrected chi connectivity index (χ4v) is 1.40. The Morgan fingerprint density at radius 3 is 2.29 bits per heavy atom. The quantitative estimate of drug-likeness (QED) is 0.360. The largest absolute Gasteiger partial charge is 0.474 e. The Morgan fingerprint density at radius 1 is 1.00 bits per heavy atom. The van der Waals surface area contributed by atoms with Crippen LogP contribution >= 0.6 is 0 Å². The Morgan fingerprint density at radius 2 is 1.64 bits per heavy atom. The second-order valence-corrected chi connectivity index (χ2v) is 3.58. The molecule has 0 aliphatic heterocycles. The summed E-state index contributed by atoms with van der Waals surface area (Å²) in [6, 6.07) is 0. The molecule has 0 heterocycles. The summed E-state index contributed by atoms with van der Waals surface area (Å²) in [5.74, 6) is 0. The Kier molecular flexibility index (Phi) is 11.6. The van der Waals surface area contributed by atoms with Crippen molar-refractivity contribution in [2.45, 2.75) is 58.3 Å². The molecule has 1 nitrogen and oxygen atoms in total. The molecule has 0 aliphatic rings. The fourth-order valence-electron chi connectivity index (χ4n) is 1.40. The zero-order valence-corrected chi connectivity index (χ0v) is 9.50. The average molecular weight is 196 g/mol. The van der Waals surface area contributed by atoms with E-state index in [1.54, 1.807) is 6.26 Å². The molecule has 0 saturated heterocycles. The van der Waals surface area contributed by atoms with Crippen molar-refractivity contribution >= 4 is 0 Å². The monoisotopic (exact) mass is 196 g/mol. The van der Waals surface area contributed by atoms with E-state index >= 15 is 0 Å². The predicted octanol–water partition coefficient (Wildman–Crippen LogP) is 4.80. The molecule has 0 radical (unpaired) electrons. The van der Waals surface area contributed by atoms with Crippen LogP contribution in [0.5, 0.6) is 0 Å². The maximum Gasteiger partial charge on any atom is 0.0861 e. The molecule has 82 valence electrons. The molecule has 1 heteroatoms. The zero-order valence-electron chi connectivity index (χ0n) is 9.50. The van der Waals surface area contributed by atoms with Gasteiger partial charge in [0.05, 0.1) is 12.5 Å². The highest BCUT2D eigenvalue weighted by Gasteiger charge is 1.88. The number of hydrogen-bond donors (Lipinski definition) is 0. The van der Waals surface area contributed by atoms with Crippen molar-refractivity contribution in [1.29, 1.82) is 0 Å². The third kappa shape index (κ3) is 11.3. The van der Waals surface area contributed by atoms with Crippen LogP contribution in [0.2, 0.25) is 0 Å². The minimum absolute atomic E-state index is 1.13. The minimum Gasteiger partial charge on any atom is -0.474 e. The van der Waals surface area contributed by atoms with Gasteiger partial charge < -0.3 is 4.74 Å². The lowest BCUT2D eigenvalue weighted by Crippen LogP contribution is -1.78. The Balaban J connectivity index is 2.95. The summed E-state index contributed by atoms with van der Waals surface area (Å²) in [6.45, 7) is 5.72. The number of allylic oxidation sites excluding steroid dienone is 1. The van der Waals surface area contributed by atoms with Gasteiger partial charge in [0.25, 0.3) is 0 Å². The van der Waals surface area contributed by atoms with Gasteiger partial charge in [0.15, 0.2) is 0 Å². The zero-order chi connectivity index (χ0) is 10.5. The molecule has 0 aliphatic carbocycles. The number of hydrogen-bond acceptors (Lipinski definition) is 1. The van der Waals surface area contributed by atoms with Gasteiger partial charge in [-0.3, -0.25) is 0 Å². The van der Waals surface area contributed by atoms with Crippen LogP contribution < -0.4 is 0 Å². The number of unbranched alkanes of at least 4 members (excludes halogenated alkanes) is 7. The molecule has 0 saturated carbocycles. The van der Waals surface area contributed by atoms with Crippen LogP contribution in [-0.2, 0) is 4.74 Å². The molecule has 0 amide bonds. The second-order valence-electron chi connectivity index (χ2n) is 3.58. The number of ether oxygens (including phenoxy) is 1. The molecule has 0 aromatic heterocycles. The van der Waals surface area contributed by atoms with Gasteiger partial charge in [-0.1, -0.05) is 52.0 Å². The van der Waals surface area contributed by atoms with E-state index in [1.165, 1.54) is 51.2 Å². The summed E-state index contributed by atoms with van der Waals surface area (Å²) >= 11 is 0. The summed E-state index contributed by atoms with van der Waals surface area (Å²) in [5.41, 5.74) is 0. The third-order valence-electron chi connectivity index (χ3n) is 2.25. The van der Waals surface area contributed by atoms with Crippen LogP contribution in [0.3, 0.4) is 0 Å². The lowest BCUT2D eigenvalue weighted by molar-refractivity contribution is 0.402. The van der Waals surface area contributed by atoms with Crippen molar-refractivity contribution in [3.8, 4) is 0 Å². The van der Waals surface area contributed by atoms with E-state index in [1.807, 2.05) is 0 Å². The fraction of sp³-hybridized carbons (Fsp3) is 0.692. The molecule has 0 aromatic carbocycles. The molecule has 0 aromatic rings. The van der Waals surface area contributed by atoms with Crippen LogP contribution in [0.4, 0.5) is 0 Å². The normalized spacial score (nSPS) is 10.6. The highest BCUT2D eigenvalue weighted by molar-refractivity contribution is 4.75. The van der Waals surface area contributed by atoms with E-state index in [2.05, 4.69) is 19.6 Å². The third-order valence-corrected chi connectivity index (χ3v) is 2.25. The Labute approximate surface area is 88.9 Å². The van der Waals surface area contributed by atoms with E-state index in [-0.39, 0.29) is 0 Å². The highest BCUT2D eigenvalue weighted by Crippen LogP contribution is 2.08. The molecular formula is C13H24O. The van der Waals surface area contributed by atoms with Crippen LogP contribution in [0, 0.1) is 0 Å². The summed E-state index contributed by atoms with van der Waals surface area (Å²) in [4.78, 5) is 0. The first kappa shape index (κ1) is 13.3. The number of rotatable bonds is 10. The first-order valence-electron chi connectivity index (χ1n) is 5.83. The lowest BCUT2D eigenvalue weighted by atomic mass is 10.1.